The number of rotatable bonds is 18. The zero-order chi connectivity index (χ0) is 19.9. The highest BCUT2D eigenvalue weighted by Gasteiger charge is 2.49. The fourth-order valence-electron chi connectivity index (χ4n) is 4.87. The molecule has 0 fully saturated rings. The lowest BCUT2D eigenvalue weighted by molar-refractivity contribution is 0.00173. The SMILES string of the molecule is CCCCCC(CCCC)C(CCCC)(CCCC)C(N)(N)CCCC. The Morgan fingerprint density at radius 1 is 0.538 bits per heavy atom. The van der Waals surface area contributed by atoms with Crippen molar-refractivity contribution in [1.29, 1.82) is 0 Å². The van der Waals surface area contributed by atoms with E-state index in [9.17, 15) is 0 Å². The maximum atomic E-state index is 7.02. The Morgan fingerprint density at radius 2 is 0.962 bits per heavy atom. The van der Waals surface area contributed by atoms with Gasteiger partial charge in [0.25, 0.3) is 0 Å². The van der Waals surface area contributed by atoms with Crippen molar-refractivity contribution in [3.8, 4) is 0 Å². The summed E-state index contributed by atoms with van der Waals surface area (Å²) in [6.07, 6.45) is 20.0. The van der Waals surface area contributed by atoms with Gasteiger partial charge in [-0.25, -0.2) is 0 Å². The third-order valence-electron chi connectivity index (χ3n) is 6.67. The molecule has 0 saturated carbocycles. The first-order valence-corrected chi connectivity index (χ1v) is 12.0. The van der Waals surface area contributed by atoms with E-state index < -0.39 is 5.66 Å². The standard InChI is InChI=1S/C24H52N2/c1-6-11-16-18-22(17-12-7-2)23(19-13-8-3,20-14-9-4)24(25,26)21-15-10-5/h22H,6-21,25-26H2,1-5H3. The van der Waals surface area contributed by atoms with E-state index in [0.29, 0.717) is 5.92 Å². The number of nitrogens with two attached hydrogens (primary N) is 2. The summed E-state index contributed by atoms with van der Waals surface area (Å²) >= 11 is 0. The molecule has 1 unspecified atom stereocenters. The Labute approximate surface area is 166 Å². The van der Waals surface area contributed by atoms with Crippen molar-refractivity contribution in [2.24, 2.45) is 22.8 Å². The summed E-state index contributed by atoms with van der Waals surface area (Å²) in [5.74, 6) is 0.693. The molecule has 0 radical (unpaired) electrons. The Morgan fingerprint density at radius 3 is 1.42 bits per heavy atom. The van der Waals surface area contributed by atoms with Crippen LogP contribution >= 0.6 is 0 Å². The van der Waals surface area contributed by atoms with Gasteiger partial charge >= 0.3 is 0 Å². The van der Waals surface area contributed by atoms with Crippen LogP contribution in [0.4, 0.5) is 0 Å². The van der Waals surface area contributed by atoms with Crippen LogP contribution < -0.4 is 11.5 Å². The van der Waals surface area contributed by atoms with Gasteiger partial charge in [-0.05, 0) is 38.0 Å². The van der Waals surface area contributed by atoms with Gasteiger partial charge in [0.2, 0.25) is 0 Å². The minimum Gasteiger partial charge on any atom is -0.313 e. The monoisotopic (exact) mass is 368 g/mol. The molecule has 1 atom stereocenters. The molecule has 4 N–H and O–H groups in total. The zero-order valence-electron chi connectivity index (χ0n) is 19.0. The molecule has 158 valence electrons. The predicted molar refractivity (Wildman–Crippen MR) is 119 cm³/mol. The Bertz CT molecular complexity index is 303. The van der Waals surface area contributed by atoms with Crippen molar-refractivity contribution in [1.82, 2.24) is 0 Å². The van der Waals surface area contributed by atoms with E-state index >= 15 is 0 Å². The van der Waals surface area contributed by atoms with Crippen molar-refractivity contribution in [2.45, 2.75) is 143 Å². The van der Waals surface area contributed by atoms with E-state index in [-0.39, 0.29) is 5.41 Å². The molecule has 0 aliphatic rings. The summed E-state index contributed by atoms with van der Waals surface area (Å²) in [7, 11) is 0. The molecule has 0 aromatic rings. The summed E-state index contributed by atoms with van der Waals surface area (Å²) in [5.41, 5.74) is 13.6. The summed E-state index contributed by atoms with van der Waals surface area (Å²) in [4.78, 5) is 0. The highest BCUT2D eigenvalue weighted by Crippen LogP contribution is 2.50. The first kappa shape index (κ1) is 25.9. The smallest absolute Gasteiger partial charge is 0.0697 e. The van der Waals surface area contributed by atoms with Crippen LogP contribution in [0.25, 0.3) is 0 Å². The third kappa shape index (κ3) is 8.30. The molecule has 0 amide bonds. The van der Waals surface area contributed by atoms with Crippen LogP contribution in [0.1, 0.15) is 137 Å². The summed E-state index contributed by atoms with van der Waals surface area (Å²) < 4.78 is 0. The Balaban J connectivity index is 5.75. The van der Waals surface area contributed by atoms with Gasteiger partial charge in [0, 0.05) is 5.41 Å². The molecular formula is C24H52N2. The largest absolute Gasteiger partial charge is 0.313 e. The van der Waals surface area contributed by atoms with Gasteiger partial charge in [-0.3, -0.25) is 0 Å². The molecule has 0 aromatic heterocycles. The molecule has 26 heavy (non-hydrogen) atoms. The van der Waals surface area contributed by atoms with Crippen LogP contribution in [0.15, 0.2) is 0 Å². The molecule has 2 nitrogen and oxygen atoms in total. The molecule has 2 heteroatoms. The summed E-state index contributed by atoms with van der Waals surface area (Å²) in [5, 5.41) is 0. The van der Waals surface area contributed by atoms with E-state index in [1.165, 1.54) is 89.9 Å². The number of hydrogen-bond donors (Lipinski definition) is 2. The zero-order valence-corrected chi connectivity index (χ0v) is 19.0. The molecule has 0 heterocycles. The van der Waals surface area contributed by atoms with Gasteiger partial charge in [0.15, 0.2) is 0 Å². The second kappa shape index (κ2) is 14.9. The van der Waals surface area contributed by atoms with Crippen molar-refractivity contribution in [3.63, 3.8) is 0 Å². The molecule has 0 rings (SSSR count). The van der Waals surface area contributed by atoms with E-state index in [0.717, 1.165) is 12.8 Å². The summed E-state index contributed by atoms with van der Waals surface area (Å²) in [6, 6.07) is 0. The van der Waals surface area contributed by atoms with E-state index in [1.807, 2.05) is 0 Å². The van der Waals surface area contributed by atoms with Crippen LogP contribution in [0.2, 0.25) is 0 Å². The first-order valence-electron chi connectivity index (χ1n) is 12.0. The van der Waals surface area contributed by atoms with Crippen molar-refractivity contribution >= 4 is 0 Å². The van der Waals surface area contributed by atoms with Gasteiger partial charge < -0.3 is 11.5 Å². The molecule has 0 aliphatic heterocycles. The number of hydrogen-bond acceptors (Lipinski definition) is 2. The summed E-state index contributed by atoms with van der Waals surface area (Å²) in [6.45, 7) is 11.5. The van der Waals surface area contributed by atoms with Crippen LogP contribution in [0.3, 0.4) is 0 Å². The second-order valence-electron chi connectivity index (χ2n) is 8.84. The maximum Gasteiger partial charge on any atom is 0.0697 e. The minimum atomic E-state index is -0.516. The first-order chi connectivity index (χ1) is 12.5. The molecule has 0 spiro atoms. The van der Waals surface area contributed by atoms with Crippen LogP contribution in [0, 0.1) is 11.3 Å². The van der Waals surface area contributed by atoms with Crippen molar-refractivity contribution in [3.05, 3.63) is 0 Å². The van der Waals surface area contributed by atoms with Gasteiger partial charge in [-0.1, -0.05) is 105 Å². The van der Waals surface area contributed by atoms with E-state index in [2.05, 4.69) is 34.6 Å². The lowest BCUT2D eigenvalue weighted by atomic mass is 9.57. The highest BCUT2D eigenvalue weighted by molar-refractivity contribution is 5.02. The fourth-order valence-corrected chi connectivity index (χ4v) is 4.87. The lowest BCUT2D eigenvalue weighted by Gasteiger charge is -2.52. The van der Waals surface area contributed by atoms with Gasteiger partial charge in [-0.2, -0.15) is 0 Å². The van der Waals surface area contributed by atoms with Gasteiger partial charge in [0.05, 0.1) is 5.66 Å². The molecule has 0 saturated heterocycles. The normalized spacial score (nSPS) is 14.0. The average Bonchev–Trinajstić information content (AvgIpc) is 2.63. The van der Waals surface area contributed by atoms with E-state index in [4.69, 9.17) is 11.5 Å². The second-order valence-corrected chi connectivity index (χ2v) is 8.84. The molecule has 0 aromatic carbocycles. The molecule has 0 aliphatic carbocycles. The highest BCUT2D eigenvalue weighted by atomic mass is 15.0. The molecule has 0 bridgehead atoms. The maximum absolute atomic E-state index is 7.02. The lowest BCUT2D eigenvalue weighted by Crippen LogP contribution is -2.65. The predicted octanol–water partition coefficient (Wildman–Crippen LogP) is 7.54. The van der Waals surface area contributed by atoms with Crippen molar-refractivity contribution in [2.75, 3.05) is 0 Å². The topological polar surface area (TPSA) is 52.0 Å². The average molecular weight is 369 g/mol. The third-order valence-corrected chi connectivity index (χ3v) is 6.67. The van der Waals surface area contributed by atoms with Crippen LogP contribution in [0.5, 0.6) is 0 Å². The fraction of sp³-hybridized carbons (Fsp3) is 1.00. The quantitative estimate of drug-likeness (QED) is 0.194. The molecular weight excluding hydrogens is 316 g/mol. The van der Waals surface area contributed by atoms with E-state index in [1.54, 1.807) is 0 Å². The Kier molecular flexibility index (Phi) is 14.9. The van der Waals surface area contributed by atoms with Gasteiger partial charge in [-0.15, -0.1) is 0 Å². The van der Waals surface area contributed by atoms with Gasteiger partial charge in [0.1, 0.15) is 0 Å². The Hall–Kier alpha value is -0.0800. The van der Waals surface area contributed by atoms with Crippen LogP contribution in [-0.2, 0) is 0 Å². The van der Waals surface area contributed by atoms with Crippen molar-refractivity contribution < 1.29 is 0 Å². The number of unbranched alkanes of at least 4 members (excludes halogenated alkanes) is 6. The van der Waals surface area contributed by atoms with Crippen LogP contribution in [-0.4, -0.2) is 5.66 Å². The minimum absolute atomic E-state index is 0.122.